The molecule has 0 N–H and O–H groups in total. The first-order valence-electron chi connectivity index (χ1n) is 9.14. The maximum absolute atomic E-state index is 13.2. The van der Waals surface area contributed by atoms with Crippen molar-refractivity contribution in [3.63, 3.8) is 0 Å². The lowest BCUT2D eigenvalue weighted by Gasteiger charge is -2.34. The molecule has 2 amide bonds. The highest BCUT2D eigenvalue weighted by Crippen LogP contribution is 2.51. The van der Waals surface area contributed by atoms with E-state index in [2.05, 4.69) is 0 Å². The van der Waals surface area contributed by atoms with Gasteiger partial charge in [0.2, 0.25) is 5.91 Å². The number of piperazine rings is 1. The van der Waals surface area contributed by atoms with Crippen molar-refractivity contribution in [2.75, 3.05) is 26.2 Å². The molecule has 0 bridgehead atoms. The number of amides is 2. The van der Waals surface area contributed by atoms with E-state index in [-0.39, 0.29) is 23.1 Å². The Bertz CT molecular complexity index is 871. The van der Waals surface area contributed by atoms with E-state index >= 15 is 0 Å². The van der Waals surface area contributed by atoms with Gasteiger partial charge in [0.15, 0.2) is 5.76 Å². The Hall–Kier alpha value is -2.77. The molecular weight excluding hydrogens is 373 g/mol. The molecule has 1 aromatic carbocycles. The molecule has 0 radical (unpaired) electrons. The normalized spacial score (nSPS) is 22.2. The van der Waals surface area contributed by atoms with Crippen molar-refractivity contribution in [3.05, 3.63) is 59.5 Å². The maximum Gasteiger partial charge on any atom is 0.416 e. The van der Waals surface area contributed by atoms with Crippen LogP contribution in [0.15, 0.2) is 47.1 Å². The smallest absolute Gasteiger partial charge is 0.416 e. The van der Waals surface area contributed by atoms with Gasteiger partial charge >= 0.3 is 6.18 Å². The third-order valence-electron chi connectivity index (χ3n) is 5.38. The van der Waals surface area contributed by atoms with Crippen LogP contribution in [0.3, 0.4) is 0 Å². The summed E-state index contributed by atoms with van der Waals surface area (Å²) in [4.78, 5) is 28.3. The van der Waals surface area contributed by atoms with Crippen LogP contribution in [-0.2, 0) is 11.0 Å². The number of halogens is 3. The van der Waals surface area contributed by atoms with Crippen LogP contribution in [0.4, 0.5) is 13.2 Å². The summed E-state index contributed by atoms with van der Waals surface area (Å²) in [7, 11) is 0. The summed E-state index contributed by atoms with van der Waals surface area (Å²) in [5, 5.41) is 0. The topological polar surface area (TPSA) is 53.8 Å². The highest BCUT2D eigenvalue weighted by Gasteiger charge is 2.49. The molecule has 0 spiro atoms. The number of furan rings is 1. The summed E-state index contributed by atoms with van der Waals surface area (Å²) >= 11 is 0. The minimum atomic E-state index is -4.43. The van der Waals surface area contributed by atoms with Crippen LogP contribution in [0.5, 0.6) is 0 Å². The van der Waals surface area contributed by atoms with E-state index in [9.17, 15) is 22.8 Å². The minimum absolute atomic E-state index is 0.132. The number of carbonyl (C=O) groups excluding carboxylic acids is 2. The van der Waals surface area contributed by atoms with E-state index in [4.69, 9.17) is 4.42 Å². The van der Waals surface area contributed by atoms with Crippen molar-refractivity contribution in [3.8, 4) is 0 Å². The molecule has 1 saturated carbocycles. The molecule has 2 fully saturated rings. The average molecular weight is 392 g/mol. The molecule has 28 heavy (non-hydrogen) atoms. The van der Waals surface area contributed by atoms with Gasteiger partial charge in [-0.1, -0.05) is 18.2 Å². The van der Waals surface area contributed by atoms with Crippen LogP contribution in [-0.4, -0.2) is 47.8 Å². The van der Waals surface area contributed by atoms with Crippen molar-refractivity contribution in [2.45, 2.75) is 18.5 Å². The van der Waals surface area contributed by atoms with Gasteiger partial charge < -0.3 is 14.2 Å². The fourth-order valence-electron chi connectivity index (χ4n) is 3.81. The van der Waals surface area contributed by atoms with E-state index in [0.29, 0.717) is 32.6 Å². The lowest BCUT2D eigenvalue weighted by Crippen LogP contribution is -2.51. The van der Waals surface area contributed by atoms with Gasteiger partial charge in [0.25, 0.3) is 5.91 Å². The molecule has 1 aliphatic heterocycles. The Morgan fingerprint density at radius 2 is 1.64 bits per heavy atom. The summed E-state index contributed by atoms with van der Waals surface area (Å²) in [5.41, 5.74) is -0.468. The van der Waals surface area contributed by atoms with Crippen molar-refractivity contribution in [1.29, 1.82) is 0 Å². The highest BCUT2D eigenvalue weighted by molar-refractivity contribution is 5.91. The molecule has 2 atom stereocenters. The fraction of sp³-hybridized carbons (Fsp3) is 0.400. The van der Waals surface area contributed by atoms with E-state index in [1.54, 1.807) is 28.0 Å². The summed E-state index contributed by atoms with van der Waals surface area (Å²) in [6.45, 7) is 1.49. The third kappa shape index (κ3) is 3.50. The molecule has 1 aliphatic carbocycles. The Morgan fingerprint density at radius 1 is 0.964 bits per heavy atom. The number of carbonyl (C=O) groups is 2. The summed E-state index contributed by atoms with van der Waals surface area (Å²) in [5.74, 6) is -0.915. The molecule has 2 unspecified atom stereocenters. The number of alkyl halides is 3. The second kappa shape index (κ2) is 7.00. The van der Waals surface area contributed by atoms with Crippen LogP contribution in [0.25, 0.3) is 0 Å². The van der Waals surface area contributed by atoms with Crippen LogP contribution in [0, 0.1) is 5.92 Å². The minimum Gasteiger partial charge on any atom is -0.459 e. The zero-order chi connectivity index (χ0) is 19.9. The molecule has 1 aromatic heterocycles. The number of nitrogens with zero attached hydrogens (tertiary/aromatic N) is 2. The predicted octanol–water partition coefficient (Wildman–Crippen LogP) is 3.39. The van der Waals surface area contributed by atoms with Crippen LogP contribution >= 0.6 is 0 Å². The predicted molar refractivity (Wildman–Crippen MR) is 93.5 cm³/mol. The number of hydrogen-bond acceptors (Lipinski definition) is 3. The first kappa shape index (κ1) is 18.6. The van der Waals surface area contributed by atoms with E-state index in [1.807, 2.05) is 0 Å². The molecule has 2 heterocycles. The third-order valence-corrected chi connectivity index (χ3v) is 5.38. The van der Waals surface area contributed by atoms with Crippen LogP contribution in [0.2, 0.25) is 0 Å². The largest absolute Gasteiger partial charge is 0.459 e. The molecule has 148 valence electrons. The van der Waals surface area contributed by atoms with Gasteiger partial charge in [-0.2, -0.15) is 13.2 Å². The fourth-order valence-corrected chi connectivity index (χ4v) is 3.81. The van der Waals surface area contributed by atoms with Gasteiger partial charge in [0.05, 0.1) is 11.8 Å². The van der Waals surface area contributed by atoms with Gasteiger partial charge in [-0.25, -0.2) is 0 Å². The maximum atomic E-state index is 13.2. The van der Waals surface area contributed by atoms with Crippen molar-refractivity contribution in [2.24, 2.45) is 5.92 Å². The quantitative estimate of drug-likeness (QED) is 0.805. The zero-order valence-electron chi connectivity index (χ0n) is 15.0. The van der Waals surface area contributed by atoms with Gasteiger partial charge in [-0.05, 0) is 36.1 Å². The number of benzene rings is 1. The Balaban J connectivity index is 1.37. The average Bonchev–Trinajstić information content (AvgIpc) is 3.30. The molecule has 1 saturated heterocycles. The van der Waals surface area contributed by atoms with E-state index in [1.165, 1.54) is 18.4 Å². The Morgan fingerprint density at radius 3 is 2.29 bits per heavy atom. The van der Waals surface area contributed by atoms with Gasteiger partial charge in [-0.15, -0.1) is 0 Å². The SMILES string of the molecule is O=C(c1ccco1)N1CCN(C(=O)C2CC2c2ccccc2C(F)(F)F)CC1. The monoisotopic (exact) mass is 392 g/mol. The summed E-state index contributed by atoms with van der Waals surface area (Å²) in [6.07, 6.45) is -2.57. The second-order valence-electron chi connectivity index (χ2n) is 7.13. The summed E-state index contributed by atoms with van der Waals surface area (Å²) in [6, 6.07) is 8.69. The van der Waals surface area contributed by atoms with E-state index in [0.717, 1.165) is 6.07 Å². The first-order valence-corrected chi connectivity index (χ1v) is 9.14. The van der Waals surface area contributed by atoms with Gasteiger partial charge in [-0.3, -0.25) is 9.59 Å². The van der Waals surface area contributed by atoms with Crippen LogP contribution in [0.1, 0.15) is 34.0 Å². The lowest BCUT2D eigenvalue weighted by molar-refractivity contribution is -0.139. The second-order valence-corrected chi connectivity index (χ2v) is 7.13. The van der Waals surface area contributed by atoms with Crippen molar-refractivity contribution in [1.82, 2.24) is 9.80 Å². The van der Waals surface area contributed by atoms with Crippen molar-refractivity contribution < 1.29 is 27.2 Å². The number of rotatable bonds is 3. The lowest BCUT2D eigenvalue weighted by atomic mass is 10.0. The molecule has 4 rings (SSSR count). The van der Waals surface area contributed by atoms with E-state index < -0.39 is 23.6 Å². The standard InChI is InChI=1S/C20H19F3N2O3/c21-20(22,23)16-5-2-1-4-13(16)14-12-15(14)18(26)24-7-9-25(10-8-24)19(27)17-6-3-11-28-17/h1-6,11,14-15H,7-10,12H2. The Labute approximate surface area is 159 Å². The first-order chi connectivity index (χ1) is 13.4. The van der Waals surface area contributed by atoms with Crippen LogP contribution < -0.4 is 0 Å². The highest BCUT2D eigenvalue weighted by atomic mass is 19.4. The van der Waals surface area contributed by atoms with Gasteiger partial charge in [0.1, 0.15) is 0 Å². The molecule has 5 nitrogen and oxygen atoms in total. The zero-order valence-corrected chi connectivity index (χ0v) is 15.0. The summed E-state index contributed by atoms with van der Waals surface area (Å²) < 4.78 is 44.8. The molecular formula is C20H19F3N2O3. The van der Waals surface area contributed by atoms with Gasteiger partial charge in [0, 0.05) is 32.1 Å². The number of hydrogen-bond donors (Lipinski definition) is 0. The Kier molecular flexibility index (Phi) is 4.64. The van der Waals surface area contributed by atoms with Crippen molar-refractivity contribution >= 4 is 11.8 Å². The molecule has 2 aliphatic rings. The molecule has 2 aromatic rings. The molecule has 8 heteroatoms.